The van der Waals surface area contributed by atoms with E-state index >= 15 is 0 Å². The van der Waals surface area contributed by atoms with Crippen LogP contribution in [0.15, 0.2) is 23.9 Å². The van der Waals surface area contributed by atoms with Crippen molar-refractivity contribution in [2.24, 2.45) is 11.8 Å². The molecule has 5 nitrogen and oxygen atoms in total. The van der Waals surface area contributed by atoms with Crippen molar-refractivity contribution < 1.29 is 14.7 Å². The number of carbonyl (C=O) groups is 2. The van der Waals surface area contributed by atoms with Crippen LogP contribution in [-0.2, 0) is 9.59 Å². The molecule has 1 aromatic rings. The van der Waals surface area contributed by atoms with Crippen molar-refractivity contribution >= 4 is 17.4 Å². The van der Waals surface area contributed by atoms with Gasteiger partial charge in [0.25, 0.3) is 11.8 Å². The first kappa shape index (κ1) is 19.6. The molecule has 1 saturated heterocycles. The van der Waals surface area contributed by atoms with Crippen molar-refractivity contribution in [1.82, 2.24) is 9.80 Å². The number of nitrogens with zero attached hydrogens (tertiary/aromatic N) is 2. The minimum atomic E-state index is -0.193. The number of piperidine rings is 1. The van der Waals surface area contributed by atoms with Crippen LogP contribution >= 0.6 is 0 Å². The van der Waals surface area contributed by atoms with Crippen LogP contribution in [0.4, 0.5) is 0 Å². The molecule has 2 heterocycles. The maximum atomic E-state index is 13.3. The minimum Gasteiger partial charge on any atom is -0.396 e. The number of amides is 2. The predicted molar refractivity (Wildman–Crippen MR) is 106 cm³/mol. The van der Waals surface area contributed by atoms with Gasteiger partial charge in [0.15, 0.2) is 0 Å². The van der Waals surface area contributed by atoms with Crippen LogP contribution in [0.25, 0.3) is 5.57 Å². The topological polar surface area (TPSA) is 60.9 Å². The number of imide groups is 1. The molecule has 1 N–H and O–H groups in total. The first-order valence-electron chi connectivity index (χ1n) is 9.87. The lowest BCUT2D eigenvalue weighted by Crippen LogP contribution is -2.41. The second-order valence-corrected chi connectivity index (χ2v) is 8.29. The summed E-state index contributed by atoms with van der Waals surface area (Å²) in [5, 5.41) is 9.59. The van der Waals surface area contributed by atoms with Gasteiger partial charge in [-0.1, -0.05) is 37.6 Å². The maximum Gasteiger partial charge on any atom is 0.277 e. The molecule has 2 amide bonds. The molecule has 0 radical (unpaired) electrons. The van der Waals surface area contributed by atoms with E-state index < -0.39 is 0 Å². The van der Waals surface area contributed by atoms with E-state index in [2.05, 4.69) is 6.07 Å². The minimum absolute atomic E-state index is 0.112. The molecule has 2 aliphatic heterocycles. The van der Waals surface area contributed by atoms with E-state index in [1.54, 1.807) is 0 Å². The van der Waals surface area contributed by atoms with Gasteiger partial charge >= 0.3 is 0 Å². The lowest BCUT2D eigenvalue weighted by atomic mass is 9.95. The van der Waals surface area contributed by atoms with E-state index in [4.69, 9.17) is 0 Å². The Morgan fingerprint density at radius 3 is 2.56 bits per heavy atom. The average Bonchev–Trinajstić information content (AvgIpc) is 2.86. The van der Waals surface area contributed by atoms with Crippen LogP contribution in [0, 0.1) is 25.7 Å². The number of hydrogen-bond donors (Lipinski definition) is 1. The highest BCUT2D eigenvalue weighted by molar-refractivity contribution is 6.35. The zero-order chi connectivity index (χ0) is 19.7. The molecule has 1 atom stereocenters. The van der Waals surface area contributed by atoms with Gasteiger partial charge in [0.05, 0.1) is 5.57 Å². The average molecular weight is 370 g/mol. The third-order valence-electron chi connectivity index (χ3n) is 5.44. The van der Waals surface area contributed by atoms with Gasteiger partial charge in [-0.2, -0.15) is 0 Å². The number of rotatable bonds is 5. The van der Waals surface area contributed by atoms with Crippen LogP contribution in [0.5, 0.6) is 0 Å². The van der Waals surface area contributed by atoms with Gasteiger partial charge < -0.3 is 10.0 Å². The Kier molecular flexibility index (Phi) is 5.70. The van der Waals surface area contributed by atoms with Gasteiger partial charge in [-0.25, -0.2) is 0 Å². The van der Waals surface area contributed by atoms with Crippen LogP contribution in [0.1, 0.15) is 43.4 Å². The number of aryl methyl sites for hydroxylation is 2. The van der Waals surface area contributed by atoms with Crippen molar-refractivity contribution in [2.75, 3.05) is 26.2 Å². The normalized spacial score (nSPS) is 21.0. The van der Waals surface area contributed by atoms with E-state index in [0.29, 0.717) is 24.4 Å². The first-order chi connectivity index (χ1) is 12.8. The van der Waals surface area contributed by atoms with E-state index in [1.807, 2.05) is 44.7 Å². The van der Waals surface area contributed by atoms with Crippen LogP contribution < -0.4 is 0 Å². The van der Waals surface area contributed by atoms with Crippen molar-refractivity contribution in [3.05, 3.63) is 40.6 Å². The van der Waals surface area contributed by atoms with E-state index in [9.17, 15) is 14.7 Å². The second kappa shape index (κ2) is 7.85. The number of likely N-dealkylation sites (tertiary alicyclic amines) is 1. The molecule has 1 unspecified atom stereocenters. The smallest absolute Gasteiger partial charge is 0.277 e. The molecule has 0 saturated carbocycles. The zero-order valence-corrected chi connectivity index (χ0v) is 16.8. The summed E-state index contributed by atoms with van der Waals surface area (Å²) >= 11 is 0. The molecule has 3 rings (SSSR count). The molecule has 0 spiro atoms. The number of aliphatic hydroxyl groups excluding tert-OH is 1. The highest BCUT2D eigenvalue weighted by Crippen LogP contribution is 2.35. The van der Waals surface area contributed by atoms with E-state index in [-0.39, 0.29) is 30.3 Å². The monoisotopic (exact) mass is 370 g/mol. The van der Waals surface area contributed by atoms with Gasteiger partial charge in [-0.15, -0.1) is 0 Å². The Bertz CT molecular complexity index is 782. The predicted octanol–water partition coefficient (Wildman–Crippen LogP) is 2.74. The highest BCUT2D eigenvalue weighted by atomic mass is 16.3. The van der Waals surface area contributed by atoms with Crippen molar-refractivity contribution in [1.29, 1.82) is 0 Å². The first-order valence-corrected chi connectivity index (χ1v) is 9.87. The SMILES string of the molecule is Cc1ccc(C2=C(N3CCCC(CO)C3)C(=O)N(CC(C)C)C2=O)c(C)c1. The number of carbonyl (C=O) groups excluding carboxylic acids is 2. The molecule has 27 heavy (non-hydrogen) atoms. The van der Waals surface area contributed by atoms with Crippen molar-refractivity contribution in [3.8, 4) is 0 Å². The third kappa shape index (κ3) is 3.79. The summed E-state index contributed by atoms with van der Waals surface area (Å²) < 4.78 is 0. The molecule has 0 aromatic heterocycles. The zero-order valence-electron chi connectivity index (χ0n) is 16.8. The summed E-state index contributed by atoms with van der Waals surface area (Å²) in [5.74, 6) is -0.0260. The summed E-state index contributed by atoms with van der Waals surface area (Å²) in [7, 11) is 0. The molecule has 2 aliphatic rings. The van der Waals surface area contributed by atoms with Crippen molar-refractivity contribution in [3.63, 3.8) is 0 Å². The second-order valence-electron chi connectivity index (χ2n) is 8.29. The summed E-state index contributed by atoms with van der Waals surface area (Å²) in [6.45, 7) is 9.94. The Labute approximate surface area is 161 Å². The van der Waals surface area contributed by atoms with E-state index in [1.165, 1.54) is 4.90 Å². The lowest BCUT2D eigenvalue weighted by molar-refractivity contribution is -0.138. The number of benzene rings is 1. The summed E-state index contributed by atoms with van der Waals surface area (Å²) in [4.78, 5) is 29.9. The fraction of sp³-hybridized carbons (Fsp3) is 0.545. The summed E-state index contributed by atoms with van der Waals surface area (Å²) in [5.41, 5.74) is 4.02. The largest absolute Gasteiger partial charge is 0.396 e. The van der Waals surface area contributed by atoms with Gasteiger partial charge in [-0.05, 0) is 49.7 Å². The molecule has 0 bridgehead atoms. The fourth-order valence-electron chi connectivity index (χ4n) is 4.14. The number of hydrogen-bond acceptors (Lipinski definition) is 4. The van der Waals surface area contributed by atoms with E-state index in [0.717, 1.165) is 36.1 Å². The Balaban J connectivity index is 2.09. The van der Waals surface area contributed by atoms with Crippen LogP contribution in [0.3, 0.4) is 0 Å². The molecule has 0 aliphatic carbocycles. The molecule has 146 valence electrons. The highest BCUT2D eigenvalue weighted by Gasteiger charge is 2.42. The van der Waals surface area contributed by atoms with Crippen LogP contribution in [0.2, 0.25) is 0 Å². The maximum absolute atomic E-state index is 13.3. The van der Waals surface area contributed by atoms with Crippen LogP contribution in [-0.4, -0.2) is 53.0 Å². The standard InChI is InChI=1S/C22H30N2O3/c1-14(2)11-24-21(26)19(18-8-7-15(3)10-16(18)4)20(22(24)27)23-9-5-6-17(12-23)13-25/h7-8,10,14,17,25H,5-6,9,11-13H2,1-4H3. The van der Waals surface area contributed by atoms with Gasteiger partial charge in [0, 0.05) is 26.2 Å². The third-order valence-corrected chi connectivity index (χ3v) is 5.44. The van der Waals surface area contributed by atoms with Gasteiger partial charge in [0.1, 0.15) is 5.70 Å². The van der Waals surface area contributed by atoms with Crippen molar-refractivity contribution in [2.45, 2.75) is 40.5 Å². The Hall–Kier alpha value is -2.14. The summed E-state index contributed by atoms with van der Waals surface area (Å²) in [6.07, 6.45) is 1.87. The Morgan fingerprint density at radius 2 is 1.93 bits per heavy atom. The fourth-order valence-corrected chi connectivity index (χ4v) is 4.14. The molecule has 1 fully saturated rings. The quantitative estimate of drug-likeness (QED) is 0.810. The summed E-state index contributed by atoms with van der Waals surface area (Å²) in [6, 6.07) is 6.00. The van der Waals surface area contributed by atoms with Gasteiger partial charge in [0.2, 0.25) is 0 Å². The Morgan fingerprint density at radius 1 is 1.19 bits per heavy atom. The lowest BCUT2D eigenvalue weighted by Gasteiger charge is -2.34. The van der Waals surface area contributed by atoms with Gasteiger partial charge in [-0.3, -0.25) is 14.5 Å². The molecule has 1 aromatic carbocycles. The molecular weight excluding hydrogens is 340 g/mol. The molecular formula is C22H30N2O3. The molecule has 5 heteroatoms. The number of aliphatic hydroxyl groups is 1.